The summed E-state index contributed by atoms with van der Waals surface area (Å²) in [5.41, 5.74) is -0.872. The molecule has 0 bridgehead atoms. The molecule has 0 N–H and O–H groups in total. The third kappa shape index (κ3) is 6.06. The Morgan fingerprint density at radius 1 is 1.17 bits per heavy atom. The van der Waals surface area contributed by atoms with Crippen LogP contribution >= 0.6 is 0 Å². The summed E-state index contributed by atoms with van der Waals surface area (Å²) in [6.07, 6.45) is 2.49. The van der Waals surface area contributed by atoms with Gasteiger partial charge in [-0.15, -0.1) is 0 Å². The van der Waals surface area contributed by atoms with E-state index in [1.807, 2.05) is 6.92 Å². The summed E-state index contributed by atoms with van der Waals surface area (Å²) in [4.78, 5) is 0. The van der Waals surface area contributed by atoms with E-state index in [-0.39, 0.29) is 58.0 Å². The molecule has 0 radical (unpaired) electrons. The molecule has 0 aliphatic rings. The third-order valence-electron chi connectivity index (χ3n) is 2.33. The molecule has 0 atom stereocenters. The molecule has 1 rings (SSSR count). The maximum atomic E-state index is 12.9. The molecule has 1 aromatic carbocycles. The van der Waals surface area contributed by atoms with Crippen LogP contribution in [0.1, 0.15) is 26.2 Å². The molecule has 7 heteroatoms. The molecule has 1 aromatic rings. The summed E-state index contributed by atoms with van der Waals surface area (Å²) in [5, 5.41) is 0. The van der Waals surface area contributed by atoms with Crippen molar-refractivity contribution < 1.29 is 73.5 Å². The van der Waals surface area contributed by atoms with E-state index in [1.54, 1.807) is 0 Å². The molecule has 1 nitrogen and oxygen atoms in total. The number of hydrogen-bond acceptors (Lipinski definition) is 1. The largest absolute Gasteiger partial charge is 1.00 e. The molecule has 18 heavy (non-hydrogen) atoms. The SMILES string of the molecule is CCCCCOc1cc(F)ccc1[B-](F)(F)F.[K+]. The van der Waals surface area contributed by atoms with Crippen LogP contribution in [-0.4, -0.2) is 13.6 Å². The van der Waals surface area contributed by atoms with Gasteiger partial charge in [-0.25, -0.2) is 4.39 Å². The van der Waals surface area contributed by atoms with E-state index in [1.165, 1.54) is 0 Å². The van der Waals surface area contributed by atoms with Gasteiger partial charge in [0, 0.05) is 6.07 Å². The first-order valence-electron chi connectivity index (χ1n) is 5.57. The van der Waals surface area contributed by atoms with E-state index in [2.05, 4.69) is 0 Å². The summed E-state index contributed by atoms with van der Waals surface area (Å²) >= 11 is 0. The molecule has 0 aliphatic heterocycles. The minimum absolute atomic E-state index is 0. The quantitative estimate of drug-likeness (QED) is 0.420. The Morgan fingerprint density at radius 3 is 2.39 bits per heavy atom. The van der Waals surface area contributed by atoms with Crippen molar-refractivity contribution in [3.63, 3.8) is 0 Å². The van der Waals surface area contributed by atoms with Crippen LogP contribution in [-0.2, 0) is 0 Å². The smallest absolute Gasteiger partial charge is 0.496 e. The molecule has 0 saturated heterocycles. The van der Waals surface area contributed by atoms with Gasteiger partial charge in [0.25, 0.3) is 0 Å². The monoisotopic (exact) mass is 288 g/mol. The van der Waals surface area contributed by atoms with Crippen LogP contribution in [0.15, 0.2) is 18.2 Å². The molecule has 0 unspecified atom stereocenters. The first-order chi connectivity index (χ1) is 7.95. The zero-order valence-corrected chi connectivity index (χ0v) is 13.7. The minimum Gasteiger partial charge on any atom is -0.496 e. The van der Waals surface area contributed by atoms with Gasteiger partial charge in [0.2, 0.25) is 0 Å². The van der Waals surface area contributed by atoms with Crippen LogP contribution in [0, 0.1) is 5.82 Å². The standard InChI is InChI=1S/C11H14BF4O.K/c1-2-3-4-7-17-11-8-9(13)5-6-10(11)12(14,15)16;/h5-6,8H,2-4,7H2,1H3;/q-1;+1. The Kier molecular flexibility index (Phi) is 8.79. The van der Waals surface area contributed by atoms with Crippen molar-refractivity contribution in [2.45, 2.75) is 26.2 Å². The van der Waals surface area contributed by atoms with Gasteiger partial charge in [0.15, 0.2) is 0 Å². The molecule has 0 saturated carbocycles. The Balaban J connectivity index is 0.00000289. The van der Waals surface area contributed by atoms with E-state index in [9.17, 15) is 17.3 Å². The summed E-state index contributed by atoms with van der Waals surface area (Å²) in [6.45, 7) is -3.01. The fourth-order valence-corrected chi connectivity index (χ4v) is 1.44. The maximum Gasteiger partial charge on any atom is 1.00 e. The van der Waals surface area contributed by atoms with Gasteiger partial charge in [-0.05, 0) is 12.5 Å². The van der Waals surface area contributed by atoms with Gasteiger partial charge < -0.3 is 17.7 Å². The van der Waals surface area contributed by atoms with Crippen LogP contribution in [0.4, 0.5) is 17.3 Å². The number of hydrogen-bond donors (Lipinski definition) is 0. The number of ether oxygens (including phenoxy) is 1. The van der Waals surface area contributed by atoms with Gasteiger partial charge >= 0.3 is 58.4 Å². The Labute approximate surface area is 147 Å². The zero-order valence-electron chi connectivity index (χ0n) is 10.6. The van der Waals surface area contributed by atoms with Crippen LogP contribution in [0.3, 0.4) is 0 Å². The fourth-order valence-electron chi connectivity index (χ4n) is 1.44. The predicted octanol–water partition coefficient (Wildman–Crippen LogP) is 0.453. The van der Waals surface area contributed by atoms with Gasteiger partial charge in [-0.1, -0.05) is 31.3 Å². The van der Waals surface area contributed by atoms with Crippen molar-refractivity contribution in [3.8, 4) is 5.75 Å². The first kappa shape index (κ1) is 18.4. The van der Waals surface area contributed by atoms with Crippen molar-refractivity contribution in [2.75, 3.05) is 6.61 Å². The van der Waals surface area contributed by atoms with Crippen molar-refractivity contribution in [2.24, 2.45) is 0 Å². The third-order valence-corrected chi connectivity index (χ3v) is 2.33. The first-order valence-corrected chi connectivity index (χ1v) is 5.57. The van der Waals surface area contributed by atoms with Crippen molar-refractivity contribution in [3.05, 3.63) is 24.0 Å². The Hall–Kier alpha value is 0.441. The molecular formula is C11H14BF4KO. The van der Waals surface area contributed by atoms with Crippen molar-refractivity contribution in [1.82, 2.24) is 0 Å². The van der Waals surface area contributed by atoms with E-state index in [0.29, 0.717) is 6.42 Å². The zero-order chi connectivity index (χ0) is 12.9. The van der Waals surface area contributed by atoms with E-state index in [0.717, 1.165) is 31.0 Å². The number of rotatable bonds is 6. The summed E-state index contributed by atoms with van der Waals surface area (Å²) < 4.78 is 55.7. The Morgan fingerprint density at radius 2 is 1.83 bits per heavy atom. The molecule has 0 fully saturated rings. The van der Waals surface area contributed by atoms with E-state index < -0.39 is 24.0 Å². The van der Waals surface area contributed by atoms with E-state index in [4.69, 9.17) is 4.74 Å². The molecular weight excluding hydrogens is 274 g/mol. The molecule has 0 amide bonds. The Bertz CT molecular complexity index is 371. The molecule has 0 spiro atoms. The predicted molar refractivity (Wildman–Crippen MR) is 60.1 cm³/mol. The molecule has 0 heterocycles. The van der Waals surface area contributed by atoms with Crippen molar-refractivity contribution >= 4 is 12.4 Å². The van der Waals surface area contributed by atoms with Crippen molar-refractivity contribution in [1.29, 1.82) is 0 Å². The fraction of sp³-hybridized carbons (Fsp3) is 0.455. The summed E-state index contributed by atoms with van der Waals surface area (Å²) in [7, 11) is 0. The summed E-state index contributed by atoms with van der Waals surface area (Å²) in [5.74, 6) is -1.13. The van der Waals surface area contributed by atoms with Gasteiger partial charge in [0.1, 0.15) is 5.82 Å². The second-order valence-electron chi connectivity index (χ2n) is 3.81. The topological polar surface area (TPSA) is 9.23 Å². The van der Waals surface area contributed by atoms with Gasteiger partial charge in [-0.3, -0.25) is 0 Å². The maximum absolute atomic E-state index is 12.9. The van der Waals surface area contributed by atoms with Gasteiger partial charge in [0.05, 0.1) is 12.4 Å². The second kappa shape index (κ2) is 8.58. The normalized spacial score (nSPS) is 10.9. The molecule has 0 aromatic heterocycles. The second-order valence-corrected chi connectivity index (χ2v) is 3.81. The van der Waals surface area contributed by atoms with Crippen LogP contribution in [0.25, 0.3) is 0 Å². The number of benzene rings is 1. The molecule has 96 valence electrons. The van der Waals surface area contributed by atoms with Gasteiger partial charge in [-0.2, -0.15) is 0 Å². The average molecular weight is 288 g/mol. The van der Waals surface area contributed by atoms with Crippen LogP contribution in [0.2, 0.25) is 0 Å². The summed E-state index contributed by atoms with van der Waals surface area (Å²) in [6, 6.07) is 2.31. The van der Waals surface area contributed by atoms with Crippen LogP contribution < -0.4 is 61.6 Å². The average Bonchev–Trinajstić information content (AvgIpc) is 2.23. The number of halogens is 4. The van der Waals surface area contributed by atoms with Crippen LogP contribution in [0.5, 0.6) is 5.75 Å². The minimum atomic E-state index is -5.17. The van der Waals surface area contributed by atoms with E-state index >= 15 is 0 Å². The number of unbranched alkanes of at least 4 members (excludes halogenated alkanes) is 2. The molecule has 0 aliphatic carbocycles.